The number of aromatic amines is 1. The molecule has 0 amide bonds. The zero-order chi connectivity index (χ0) is 10.8. The molecule has 2 nitrogen and oxygen atoms in total. The van der Waals surface area contributed by atoms with Crippen LogP contribution >= 0.6 is 11.8 Å². The Labute approximate surface area is 99.8 Å². The molecule has 1 aromatic carbocycles. The van der Waals surface area contributed by atoms with Crippen LogP contribution in [0.4, 0.5) is 0 Å². The number of hydrogen-bond donors (Lipinski definition) is 2. The van der Waals surface area contributed by atoms with Crippen molar-refractivity contribution in [1.82, 2.24) is 10.3 Å². The summed E-state index contributed by atoms with van der Waals surface area (Å²) in [4.78, 5) is 3.46. The second-order valence-corrected chi connectivity index (χ2v) is 5.45. The molecule has 3 heteroatoms. The van der Waals surface area contributed by atoms with Gasteiger partial charge in [0.05, 0.1) is 5.03 Å². The molecule has 1 aromatic heterocycles. The van der Waals surface area contributed by atoms with Crippen molar-refractivity contribution in [3.05, 3.63) is 30.3 Å². The number of para-hydroxylation sites is 1. The highest BCUT2D eigenvalue weighted by atomic mass is 32.2. The Morgan fingerprint density at radius 1 is 1.31 bits per heavy atom. The molecule has 84 valence electrons. The average molecular weight is 232 g/mol. The summed E-state index contributed by atoms with van der Waals surface area (Å²) in [6.07, 6.45) is 1.33. The predicted octanol–water partition coefficient (Wildman–Crippen LogP) is 2.87. The maximum atomic E-state index is 3.46. The fraction of sp³-hybridized carbons (Fsp3) is 0.385. The summed E-state index contributed by atoms with van der Waals surface area (Å²) in [5.74, 6) is 2.07. The SMILES string of the molecule is c1ccc2[nH]c(SCC3CCNC3)cc2c1. The molecule has 0 aliphatic carbocycles. The van der Waals surface area contributed by atoms with Gasteiger partial charge in [0.1, 0.15) is 0 Å². The standard InChI is InChI=1S/C13H16N2S/c1-2-4-12-11(3-1)7-13(15-12)16-9-10-5-6-14-8-10/h1-4,7,10,14-15H,5-6,8-9H2. The summed E-state index contributed by atoms with van der Waals surface area (Å²) in [5, 5.41) is 6.03. The van der Waals surface area contributed by atoms with E-state index < -0.39 is 0 Å². The van der Waals surface area contributed by atoms with Gasteiger partial charge in [-0.05, 0) is 37.6 Å². The molecule has 1 atom stereocenters. The van der Waals surface area contributed by atoms with E-state index >= 15 is 0 Å². The van der Waals surface area contributed by atoms with Crippen molar-refractivity contribution in [3.63, 3.8) is 0 Å². The van der Waals surface area contributed by atoms with Gasteiger partial charge in [-0.3, -0.25) is 0 Å². The number of rotatable bonds is 3. The largest absolute Gasteiger partial charge is 0.350 e. The van der Waals surface area contributed by atoms with Crippen molar-refractivity contribution >= 4 is 22.7 Å². The lowest BCUT2D eigenvalue weighted by molar-refractivity contribution is 0.662. The van der Waals surface area contributed by atoms with Gasteiger partial charge in [0.25, 0.3) is 0 Å². The molecule has 2 heterocycles. The summed E-state index contributed by atoms with van der Waals surface area (Å²) in [5.41, 5.74) is 1.24. The van der Waals surface area contributed by atoms with E-state index in [1.165, 1.54) is 41.2 Å². The smallest absolute Gasteiger partial charge is 0.0732 e. The van der Waals surface area contributed by atoms with Crippen LogP contribution < -0.4 is 5.32 Å². The second-order valence-electron chi connectivity index (χ2n) is 4.39. The minimum atomic E-state index is 0.844. The van der Waals surface area contributed by atoms with Crippen molar-refractivity contribution in [2.45, 2.75) is 11.4 Å². The summed E-state index contributed by atoms with van der Waals surface area (Å²) in [6.45, 7) is 2.38. The molecular formula is C13H16N2S. The van der Waals surface area contributed by atoms with Gasteiger partial charge in [0.15, 0.2) is 0 Å². The molecule has 0 radical (unpaired) electrons. The molecule has 1 aliphatic heterocycles. The Kier molecular flexibility index (Phi) is 2.89. The number of thioether (sulfide) groups is 1. The lowest BCUT2D eigenvalue weighted by Crippen LogP contribution is -2.10. The van der Waals surface area contributed by atoms with E-state index in [1.54, 1.807) is 0 Å². The third kappa shape index (κ3) is 2.11. The van der Waals surface area contributed by atoms with Crippen LogP contribution in [0.2, 0.25) is 0 Å². The third-order valence-electron chi connectivity index (χ3n) is 3.14. The first-order chi connectivity index (χ1) is 7.92. The molecule has 1 unspecified atom stereocenters. The first-order valence-corrected chi connectivity index (χ1v) is 6.81. The van der Waals surface area contributed by atoms with Crippen LogP contribution in [0.3, 0.4) is 0 Å². The number of nitrogens with one attached hydrogen (secondary N) is 2. The van der Waals surface area contributed by atoms with E-state index in [2.05, 4.69) is 40.6 Å². The van der Waals surface area contributed by atoms with Gasteiger partial charge in [-0.15, -0.1) is 11.8 Å². The molecular weight excluding hydrogens is 216 g/mol. The molecule has 0 saturated carbocycles. The zero-order valence-corrected chi connectivity index (χ0v) is 10.0. The van der Waals surface area contributed by atoms with Crippen molar-refractivity contribution < 1.29 is 0 Å². The van der Waals surface area contributed by atoms with Gasteiger partial charge in [0.2, 0.25) is 0 Å². The van der Waals surface area contributed by atoms with Crippen LogP contribution in [0.5, 0.6) is 0 Å². The summed E-state index contributed by atoms with van der Waals surface area (Å²) < 4.78 is 0. The Bertz CT molecular complexity index is 438. The molecule has 0 spiro atoms. The fourth-order valence-corrected chi connectivity index (χ4v) is 3.28. The number of H-pyrrole nitrogens is 1. The first-order valence-electron chi connectivity index (χ1n) is 5.83. The summed E-state index contributed by atoms with van der Waals surface area (Å²) in [6, 6.07) is 10.7. The normalized spacial score (nSPS) is 20.6. The lowest BCUT2D eigenvalue weighted by Gasteiger charge is -2.05. The molecule has 3 rings (SSSR count). The van der Waals surface area contributed by atoms with Gasteiger partial charge in [0, 0.05) is 16.7 Å². The van der Waals surface area contributed by atoms with E-state index in [0.29, 0.717) is 0 Å². The monoisotopic (exact) mass is 232 g/mol. The van der Waals surface area contributed by atoms with Crippen LogP contribution in [0.25, 0.3) is 10.9 Å². The molecule has 1 aliphatic rings. The molecule has 1 fully saturated rings. The number of fused-ring (bicyclic) bond motifs is 1. The van der Waals surface area contributed by atoms with E-state index in [1.807, 2.05) is 11.8 Å². The van der Waals surface area contributed by atoms with Crippen LogP contribution in [0.15, 0.2) is 35.4 Å². The van der Waals surface area contributed by atoms with Gasteiger partial charge in [-0.25, -0.2) is 0 Å². The predicted molar refractivity (Wildman–Crippen MR) is 70.0 cm³/mol. The summed E-state index contributed by atoms with van der Waals surface area (Å²) in [7, 11) is 0. The Morgan fingerprint density at radius 2 is 2.25 bits per heavy atom. The Hall–Kier alpha value is -0.930. The average Bonchev–Trinajstić information content (AvgIpc) is 2.95. The van der Waals surface area contributed by atoms with E-state index in [0.717, 1.165) is 5.92 Å². The highest BCUT2D eigenvalue weighted by Gasteiger charge is 2.14. The highest BCUT2D eigenvalue weighted by molar-refractivity contribution is 7.99. The van der Waals surface area contributed by atoms with E-state index in [4.69, 9.17) is 0 Å². The van der Waals surface area contributed by atoms with Crippen molar-refractivity contribution in [2.24, 2.45) is 5.92 Å². The minimum Gasteiger partial charge on any atom is -0.350 e. The molecule has 2 aromatic rings. The number of benzene rings is 1. The third-order valence-corrected chi connectivity index (χ3v) is 4.31. The van der Waals surface area contributed by atoms with Gasteiger partial charge in [-0.1, -0.05) is 18.2 Å². The van der Waals surface area contributed by atoms with E-state index in [-0.39, 0.29) is 0 Å². The topological polar surface area (TPSA) is 27.8 Å². The van der Waals surface area contributed by atoms with E-state index in [9.17, 15) is 0 Å². The molecule has 2 N–H and O–H groups in total. The van der Waals surface area contributed by atoms with Gasteiger partial charge < -0.3 is 10.3 Å². The lowest BCUT2D eigenvalue weighted by atomic mass is 10.2. The maximum absolute atomic E-state index is 3.46. The molecule has 1 saturated heterocycles. The Morgan fingerprint density at radius 3 is 3.06 bits per heavy atom. The first kappa shape index (κ1) is 10.2. The highest BCUT2D eigenvalue weighted by Crippen LogP contribution is 2.26. The van der Waals surface area contributed by atoms with Gasteiger partial charge >= 0.3 is 0 Å². The number of aromatic nitrogens is 1. The van der Waals surface area contributed by atoms with Crippen molar-refractivity contribution in [3.8, 4) is 0 Å². The van der Waals surface area contributed by atoms with Crippen LogP contribution in [0.1, 0.15) is 6.42 Å². The number of hydrogen-bond acceptors (Lipinski definition) is 2. The van der Waals surface area contributed by atoms with Crippen molar-refractivity contribution in [1.29, 1.82) is 0 Å². The molecule has 0 bridgehead atoms. The zero-order valence-electron chi connectivity index (χ0n) is 9.20. The Balaban J connectivity index is 1.69. The van der Waals surface area contributed by atoms with Crippen molar-refractivity contribution in [2.75, 3.05) is 18.8 Å². The molecule has 16 heavy (non-hydrogen) atoms. The summed E-state index contributed by atoms with van der Waals surface area (Å²) >= 11 is 1.95. The second kappa shape index (κ2) is 4.52. The maximum Gasteiger partial charge on any atom is 0.0732 e. The van der Waals surface area contributed by atoms with Crippen LogP contribution in [-0.4, -0.2) is 23.8 Å². The van der Waals surface area contributed by atoms with Crippen LogP contribution in [-0.2, 0) is 0 Å². The minimum absolute atomic E-state index is 0.844. The fourth-order valence-electron chi connectivity index (χ4n) is 2.19. The van der Waals surface area contributed by atoms with Gasteiger partial charge in [-0.2, -0.15) is 0 Å². The quantitative estimate of drug-likeness (QED) is 0.796. The van der Waals surface area contributed by atoms with Crippen LogP contribution in [0, 0.1) is 5.92 Å².